The molecule has 4 heteroatoms. The van der Waals surface area contributed by atoms with E-state index < -0.39 is 11.2 Å². The fraction of sp³-hybridized carbons (Fsp3) is 0.267. The highest BCUT2D eigenvalue weighted by molar-refractivity contribution is 6.29. The second-order valence-electron chi connectivity index (χ2n) is 11.1. The molecule has 0 aliphatic heterocycles. The zero-order valence-corrected chi connectivity index (χ0v) is 20.3. The molecule has 0 atom stereocenters. The van der Waals surface area contributed by atoms with E-state index in [0.717, 1.165) is 32.7 Å². The highest BCUT2D eigenvalue weighted by Crippen LogP contribution is 2.49. The number of hydrogen-bond donors (Lipinski definition) is 0. The van der Waals surface area contributed by atoms with Crippen molar-refractivity contribution in [3.63, 3.8) is 0 Å². The lowest BCUT2D eigenvalue weighted by Crippen LogP contribution is -2.24. The van der Waals surface area contributed by atoms with Gasteiger partial charge in [0.05, 0.1) is 0 Å². The van der Waals surface area contributed by atoms with Crippen molar-refractivity contribution in [3.8, 4) is 22.6 Å². The molecule has 4 aromatic rings. The summed E-state index contributed by atoms with van der Waals surface area (Å²) in [5.41, 5.74) is 0.639. The van der Waals surface area contributed by atoms with E-state index in [1.165, 1.54) is 0 Å². The standard InChI is InChI=1S/C30H26O4/c1-29(2,3)33-21-13-19-25-23-15(21)9-7-11-17(23)28(32)20-14-22(34-30(4,5)6)16-10-8-12-18(27(19)31)24(16)26(20)25/h7-14H,1-6H3. The Hall–Kier alpha value is -3.66. The van der Waals surface area contributed by atoms with E-state index in [4.69, 9.17) is 9.47 Å². The van der Waals surface area contributed by atoms with Crippen LogP contribution in [-0.2, 0) is 0 Å². The molecule has 0 N–H and O–H groups in total. The van der Waals surface area contributed by atoms with Crippen molar-refractivity contribution in [1.82, 2.24) is 0 Å². The summed E-state index contributed by atoms with van der Waals surface area (Å²) in [6.45, 7) is 11.9. The number of hydrogen-bond acceptors (Lipinski definition) is 4. The van der Waals surface area contributed by atoms with E-state index in [2.05, 4.69) is 0 Å². The van der Waals surface area contributed by atoms with Crippen LogP contribution in [-0.4, -0.2) is 11.2 Å². The van der Waals surface area contributed by atoms with Crippen LogP contribution in [0, 0.1) is 0 Å². The Kier molecular flexibility index (Phi) is 3.98. The molecule has 0 bridgehead atoms. The summed E-state index contributed by atoms with van der Waals surface area (Å²) in [6.07, 6.45) is 0. The van der Waals surface area contributed by atoms with E-state index in [1.807, 2.05) is 90.1 Å². The third-order valence-electron chi connectivity index (χ3n) is 6.31. The highest BCUT2D eigenvalue weighted by Gasteiger charge is 2.29. The van der Waals surface area contributed by atoms with Crippen molar-refractivity contribution in [2.75, 3.05) is 0 Å². The summed E-state index contributed by atoms with van der Waals surface area (Å²) in [4.78, 5) is 27.8. The predicted molar refractivity (Wildman–Crippen MR) is 140 cm³/mol. The molecule has 34 heavy (non-hydrogen) atoms. The van der Waals surface area contributed by atoms with Crippen molar-refractivity contribution in [2.45, 2.75) is 52.7 Å². The van der Waals surface area contributed by atoms with Crippen LogP contribution in [0.15, 0.2) is 58.1 Å². The molecule has 4 aromatic carbocycles. The average Bonchev–Trinajstić information content (AvgIpc) is 2.74. The van der Waals surface area contributed by atoms with Gasteiger partial charge in [-0.1, -0.05) is 36.4 Å². The predicted octanol–water partition coefficient (Wildman–Crippen LogP) is 6.79. The van der Waals surface area contributed by atoms with Crippen LogP contribution < -0.4 is 20.3 Å². The zero-order chi connectivity index (χ0) is 24.2. The molecule has 2 aliphatic rings. The maximum Gasteiger partial charge on any atom is 0.194 e. The Morgan fingerprint density at radius 1 is 0.529 bits per heavy atom. The molecule has 0 aromatic heterocycles. The van der Waals surface area contributed by atoms with E-state index in [0.29, 0.717) is 33.0 Å². The third-order valence-corrected chi connectivity index (χ3v) is 6.31. The van der Waals surface area contributed by atoms with Gasteiger partial charge in [-0.25, -0.2) is 0 Å². The molecule has 0 radical (unpaired) electrons. The molecule has 170 valence electrons. The quantitative estimate of drug-likeness (QED) is 0.215. The Bertz CT molecular complexity index is 1670. The van der Waals surface area contributed by atoms with E-state index in [1.54, 1.807) is 0 Å². The molecule has 0 amide bonds. The van der Waals surface area contributed by atoms with Gasteiger partial charge < -0.3 is 9.47 Å². The van der Waals surface area contributed by atoms with Gasteiger partial charge in [0.25, 0.3) is 0 Å². The van der Waals surface area contributed by atoms with Gasteiger partial charge in [-0.2, -0.15) is 0 Å². The summed E-state index contributed by atoms with van der Waals surface area (Å²) in [6, 6.07) is 15.1. The molecular weight excluding hydrogens is 424 g/mol. The Labute approximate surface area is 197 Å². The van der Waals surface area contributed by atoms with Gasteiger partial charge >= 0.3 is 0 Å². The summed E-state index contributed by atoms with van der Waals surface area (Å²) in [5, 5.41) is 5.63. The number of ether oxygens (including phenoxy) is 2. The normalized spacial score (nSPS) is 13.2. The van der Waals surface area contributed by atoms with Gasteiger partial charge in [-0.05, 0) is 53.7 Å². The monoisotopic (exact) mass is 450 g/mol. The van der Waals surface area contributed by atoms with Gasteiger partial charge in [0, 0.05) is 54.2 Å². The van der Waals surface area contributed by atoms with Crippen LogP contribution >= 0.6 is 0 Å². The SMILES string of the molecule is CC(C)(C)Oc1cc2c3c4c1cccc4c(=O)c1cc(OC(C)(C)C)c4cccc(c2=O)c4c1-3. The van der Waals surface area contributed by atoms with Crippen molar-refractivity contribution in [2.24, 2.45) is 0 Å². The lowest BCUT2D eigenvalue weighted by atomic mass is 9.81. The van der Waals surface area contributed by atoms with E-state index >= 15 is 0 Å². The highest BCUT2D eigenvalue weighted by atomic mass is 16.5. The van der Waals surface area contributed by atoms with Crippen molar-refractivity contribution < 1.29 is 9.47 Å². The van der Waals surface area contributed by atoms with Crippen molar-refractivity contribution in [1.29, 1.82) is 0 Å². The molecule has 0 fully saturated rings. The first-order chi connectivity index (χ1) is 15.9. The largest absolute Gasteiger partial charge is 0.487 e. The van der Waals surface area contributed by atoms with Crippen molar-refractivity contribution in [3.05, 3.63) is 69.0 Å². The van der Waals surface area contributed by atoms with Crippen molar-refractivity contribution >= 4 is 43.1 Å². The second kappa shape index (κ2) is 6.47. The van der Waals surface area contributed by atoms with Gasteiger partial charge in [-0.15, -0.1) is 0 Å². The fourth-order valence-electron chi connectivity index (χ4n) is 5.26. The number of rotatable bonds is 2. The minimum absolute atomic E-state index is 0.0585. The summed E-state index contributed by atoms with van der Waals surface area (Å²) < 4.78 is 12.6. The molecule has 2 aliphatic carbocycles. The van der Waals surface area contributed by atoms with Gasteiger partial charge in [0.2, 0.25) is 0 Å². The van der Waals surface area contributed by atoms with Crippen LogP contribution in [0.5, 0.6) is 11.5 Å². The summed E-state index contributed by atoms with van der Waals surface area (Å²) in [5.74, 6) is 1.24. The van der Waals surface area contributed by atoms with Crippen LogP contribution in [0.3, 0.4) is 0 Å². The average molecular weight is 451 g/mol. The minimum Gasteiger partial charge on any atom is -0.487 e. The maximum absolute atomic E-state index is 13.9. The summed E-state index contributed by atoms with van der Waals surface area (Å²) in [7, 11) is 0. The topological polar surface area (TPSA) is 52.6 Å². The Balaban J connectivity index is 1.92. The molecular formula is C30H26O4. The minimum atomic E-state index is -0.453. The molecule has 0 saturated carbocycles. The molecule has 6 rings (SSSR count). The smallest absolute Gasteiger partial charge is 0.194 e. The number of benzene rings is 6. The molecule has 0 unspecified atom stereocenters. The fourth-order valence-corrected chi connectivity index (χ4v) is 5.26. The molecule has 0 spiro atoms. The first kappa shape index (κ1) is 20.9. The Morgan fingerprint density at radius 3 is 1.24 bits per heavy atom. The van der Waals surface area contributed by atoms with Gasteiger partial charge in [-0.3, -0.25) is 9.59 Å². The lowest BCUT2D eigenvalue weighted by molar-refractivity contribution is 0.133. The Morgan fingerprint density at radius 2 is 0.882 bits per heavy atom. The van der Waals surface area contributed by atoms with Gasteiger partial charge in [0.1, 0.15) is 22.7 Å². The molecule has 0 saturated heterocycles. The van der Waals surface area contributed by atoms with E-state index in [-0.39, 0.29) is 10.9 Å². The van der Waals surface area contributed by atoms with Crippen LogP contribution in [0.25, 0.3) is 54.2 Å². The van der Waals surface area contributed by atoms with Crippen LogP contribution in [0.1, 0.15) is 41.5 Å². The lowest BCUT2D eigenvalue weighted by Gasteiger charge is -2.27. The first-order valence-corrected chi connectivity index (χ1v) is 11.6. The first-order valence-electron chi connectivity index (χ1n) is 11.6. The zero-order valence-electron chi connectivity index (χ0n) is 20.3. The summed E-state index contributed by atoms with van der Waals surface area (Å²) >= 11 is 0. The van der Waals surface area contributed by atoms with Gasteiger partial charge in [0.15, 0.2) is 10.9 Å². The van der Waals surface area contributed by atoms with Crippen LogP contribution in [0.4, 0.5) is 0 Å². The maximum atomic E-state index is 13.9. The second-order valence-corrected chi connectivity index (χ2v) is 11.1. The molecule has 4 nitrogen and oxygen atoms in total. The van der Waals surface area contributed by atoms with Crippen LogP contribution in [0.2, 0.25) is 0 Å². The molecule has 0 heterocycles. The van der Waals surface area contributed by atoms with E-state index in [9.17, 15) is 9.59 Å². The third kappa shape index (κ3) is 2.84.